The third kappa shape index (κ3) is 4.07. The van der Waals surface area contributed by atoms with Crippen LogP contribution in [-0.4, -0.2) is 19.1 Å². The molecule has 0 saturated heterocycles. The molecule has 4 nitrogen and oxygen atoms in total. The average molecular weight is 323 g/mol. The van der Waals surface area contributed by atoms with E-state index in [9.17, 15) is 0 Å². The van der Waals surface area contributed by atoms with Crippen molar-refractivity contribution < 1.29 is 4.74 Å². The molecule has 24 heavy (non-hydrogen) atoms. The van der Waals surface area contributed by atoms with Crippen LogP contribution in [0.25, 0.3) is 0 Å². The second-order valence-electron chi connectivity index (χ2n) is 6.02. The van der Waals surface area contributed by atoms with Crippen molar-refractivity contribution in [1.29, 1.82) is 0 Å². The highest BCUT2D eigenvalue weighted by Gasteiger charge is 2.10. The summed E-state index contributed by atoms with van der Waals surface area (Å²) < 4.78 is 5.64. The molecule has 0 saturated carbocycles. The predicted octanol–water partition coefficient (Wildman–Crippen LogP) is 3.54. The zero-order valence-corrected chi connectivity index (χ0v) is 14.2. The number of ether oxygens (including phenoxy) is 1. The molecule has 3 rings (SSSR count). The van der Waals surface area contributed by atoms with E-state index in [-0.39, 0.29) is 0 Å². The number of nitrogens with two attached hydrogens (primary N) is 1. The quantitative estimate of drug-likeness (QED) is 0.631. The zero-order valence-electron chi connectivity index (χ0n) is 14.2. The maximum Gasteiger partial charge on any atom is 0.193 e. The van der Waals surface area contributed by atoms with E-state index in [2.05, 4.69) is 34.6 Å². The van der Waals surface area contributed by atoms with Gasteiger partial charge in [0.05, 0.1) is 6.61 Å². The van der Waals surface area contributed by atoms with E-state index in [1.54, 1.807) is 0 Å². The number of aryl methyl sites for hydroxylation is 2. The van der Waals surface area contributed by atoms with Gasteiger partial charge in [0.2, 0.25) is 0 Å². The lowest BCUT2D eigenvalue weighted by molar-refractivity contribution is 0.336. The van der Waals surface area contributed by atoms with Gasteiger partial charge in [0.25, 0.3) is 0 Å². The molecule has 3 N–H and O–H groups in total. The maximum absolute atomic E-state index is 6.02. The van der Waals surface area contributed by atoms with Crippen molar-refractivity contribution in [3.05, 3.63) is 59.2 Å². The van der Waals surface area contributed by atoms with Crippen molar-refractivity contribution in [2.75, 3.05) is 18.5 Å². The Hall–Kier alpha value is -2.49. The van der Waals surface area contributed by atoms with Crippen LogP contribution in [0.4, 0.5) is 5.69 Å². The van der Waals surface area contributed by atoms with Crippen molar-refractivity contribution in [3.8, 4) is 5.75 Å². The van der Waals surface area contributed by atoms with Gasteiger partial charge in [-0.2, -0.15) is 0 Å². The highest BCUT2D eigenvalue weighted by Crippen LogP contribution is 2.24. The van der Waals surface area contributed by atoms with Gasteiger partial charge in [-0.15, -0.1) is 0 Å². The predicted molar refractivity (Wildman–Crippen MR) is 99.9 cm³/mol. The molecule has 0 radical (unpaired) electrons. The molecule has 0 amide bonds. The molecular weight excluding hydrogens is 298 g/mol. The molecule has 4 heteroatoms. The van der Waals surface area contributed by atoms with Crippen molar-refractivity contribution in [2.24, 2.45) is 10.7 Å². The molecule has 1 aliphatic carbocycles. The first-order chi connectivity index (χ1) is 11.8. The Balaban J connectivity index is 1.57. The number of fused-ring (bicyclic) bond motifs is 1. The summed E-state index contributed by atoms with van der Waals surface area (Å²) in [5.41, 5.74) is 11.1. The summed E-state index contributed by atoms with van der Waals surface area (Å²) in [5.74, 6) is 1.39. The molecule has 0 aliphatic heterocycles. The van der Waals surface area contributed by atoms with E-state index in [0.29, 0.717) is 19.1 Å². The Morgan fingerprint density at radius 3 is 2.88 bits per heavy atom. The fourth-order valence-electron chi connectivity index (χ4n) is 3.14. The number of anilines is 1. The Labute approximate surface area is 143 Å². The number of aliphatic imine (C=N–C) groups is 1. The average Bonchev–Trinajstić information content (AvgIpc) is 3.04. The lowest BCUT2D eigenvalue weighted by Crippen LogP contribution is -2.23. The van der Waals surface area contributed by atoms with E-state index >= 15 is 0 Å². The summed E-state index contributed by atoms with van der Waals surface area (Å²) in [4.78, 5) is 4.44. The number of rotatable bonds is 6. The number of benzene rings is 2. The number of nitrogens with one attached hydrogen (secondary N) is 1. The molecule has 0 unspecified atom stereocenters. The minimum Gasteiger partial charge on any atom is -0.494 e. The molecule has 0 fully saturated rings. The Morgan fingerprint density at radius 2 is 2.00 bits per heavy atom. The molecule has 0 bridgehead atoms. The SMILES string of the molecule is CCOc1ccccc1CCN=C(N)Nc1ccc2c(c1)CCC2. The van der Waals surface area contributed by atoms with Crippen LogP contribution in [0.15, 0.2) is 47.5 Å². The fourth-order valence-corrected chi connectivity index (χ4v) is 3.14. The smallest absolute Gasteiger partial charge is 0.193 e. The van der Waals surface area contributed by atoms with E-state index in [4.69, 9.17) is 10.5 Å². The first-order valence-corrected chi connectivity index (χ1v) is 8.65. The molecule has 0 spiro atoms. The molecule has 126 valence electrons. The number of hydrogen-bond donors (Lipinski definition) is 2. The van der Waals surface area contributed by atoms with Gasteiger partial charge < -0.3 is 15.8 Å². The van der Waals surface area contributed by atoms with Crippen molar-refractivity contribution in [1.82, 2.24) is 0 Å². The van der Waals surface area contributed by atoms with Crippen LogP contribution in [0.5, 0.6) is 5.75 Å². The number of nitrogens with zero attached hydrogens (tertiary/aromatic N) is 1. The van der Waals surface area contributed by atoms with Crippen LogP contribution in [0.1, 0.15) is 30.0 Å². The van der Waals surface area contributed by atoms with Crippen molar-refractivity contribution >= 4 is 11.6 Å². The first-order valence-electron chi connectivity index (χ1n) is 8.65. The van der Waals surface area contributed by atoms with E-state index in [1.165, 1.54) is 24.0 Å². The molecule has 2 aromatic carbocycles. The largest absolute Gasteiger partial charge is 0.494 e. The van der Waals surface area contributed by atoms with Crippen LogP contribution in [0.3, 0.4) is 0 Å². The third-order valence-corrected chi connectivity index (χ3v) is 4.31. The lowest BCUT2D eigenvalue weighted by Gasteiger charge is -2.10. The molecule has 1 aliphatic rings. The van der Waals surface area contributed by atoms with Crippen molar-refractivity contribution in [2.45, 2.75) is 32.6 Å². The van der Waals surface area contributed by atoms with Crippen LogP contribution in [0.2, 0.25) is 0 Å². The molecule has 0 aromatic heterocycles. The number of hydrogen-bond acceptors (Lipinski definition) is 2. The van der Waals surface area contributed by atoms with Gasteiger partial charge >= 0.3 is 0 Å². The number of para-hydroxylation sites is 1. The minimum atomic E-state index is 0.460. The van der Waals surface area contributed by atoms with Crippen molar-refractivity contribution in [3.63, 3.8) is 0 Å². The first kappa shape index (κ1) is 16.4. The van der Waals surface area contributed by atoms with Gasteiger partial charge in [-0.1, -0.05) is 24.3 Å². The molecule has 0 atom stereocenters. The summed E-state index contributed by atoms with van der Waals surface area (Å²) in [6, 6.07) is 14.5. The lowest BCUT2D eigenvalue weighted by atomic mass is 10.1. The zero-order chi connectivity index (χ0) is 16.8. The van der Waals surface area contributed by atoms with E-state index < -0.39 is 0 Å². The summed E-state index contributed by atoms with van der Waals surface area (Å²) in [6.45, 7) is 3.30. The van der Waals surface area contributed by atoms with Gasteiger partial charge in [0, 0.05) is 12.2 Å². The summed E-state index contributed by atoms with van der Waals surface area (Å²) in [6.07, 6.45) is 4.42. The Kier molecular flexibility index (Phi) is 5.36. The van der Waals surface area contributed by atoms with Gasteiger partial charge in [-0.3, -0.25) is 4.99 Å². The monoisotopic (exact) mass is 323 g/mol. The van der Waals surface area contributed by atoms with Crippen LogP contribution < -0.4 is 15.8 Å². The third-order valence-electron chi connectivity index (χ3n) is 4.31. The summed E-state index contributed by atoms with van der Waals surface area (Å²) in [5, 5.41) is 3.19. The minimum absolute atomic E-state index is 0.460. The molecular formula is C20H25N3O. The highest BCUT2D eigenvalue weighted by atomic mass is 16.5. The normalized spacial score (nSPS) is 13.6. The van der Waals surface area contributed by atoms with Gasteiger partial charge in [-0.05, 0) is 67.5 Å². The second-order valence-corrected chi connectivity index (χ2v) is 6.02. The Morgan fingerprint density at radius 1 is 1.17 bits per heavy atom. The fraction of sp³-hybridized carbons (Fsp3) is 0.350. The Bertz CT molecular complexity index is 725. The van der Waals surface area contributed by atoms with Gasteiger partial charge in [-0.25, -0.2) is 0 Å². The van der Waals surface area contributed by atoms with Crippen LogP contribution in [0, 0.1) is 0 Å². The van der Waals surface area contributed by atoms with Crippen LogP contribution >= 0.6 is 0 Å². The standard InChI is InChI=1S/C20H25N3O/c1-2-24-19-9-4-3-6-16(19)12-13-22-20(21)23-18-11-10-15-7-5-8-17(15)14-18/h3-4,6,9-11,14H,2,5,7-8,12-13H2,1H3,(H3,21,22,23). The maximum atomic E-state index is 6.02. The summed E-state index contributed by atoms with van der Waals surface area (Å²) in [7, 11) is 0. The molecule has 0 heterocycles. The topological polar surface area (TPSA) is 59.6 Å². The van der Waals surface area contributed by atoms with Crippen LogP contribution in [-0.2, 0) is 19.3 Å². The van der Waals surface area contributed by atoms with E-state index in [0.717, 1.165) is 29.8 Å². The molecule has 2 aromatic rings. The van der Waals surface area contributed by atoms with E-state index in [1.807, 2.05) is 25.1 Å². The summed E-state index contributed by atoms with van der Waals surface area (Å²) >= 11 is 0. The van der Waals surface area contributed by atoms with Gasteiger partial charge in [0.1, 0.15) is 5.75 Å². The second kappa shape index (κ2) is 7.86. The number of guanidine groups is 1. The van der Waals surface area contributed by atoms with Gasteiger partial charge in [0.15, 0.2) is 5.96 Å². The highest BCUT2D eigenvalue weighted by molar-refractivity contribution is 5.92.